The second-order valence-electron chi connectivity index (χ2n) is 6.65. The van der Waals surface area contributed by atoms with Gasteiger partial charge in [0.25, 0.3) is 0 Å². The van der Waals surface area contributed by atoms with Gasteiger partial charge in [0.05, 0.1) is 30.9 Å². The highest BCUT2D eigenvalue weighted by atomic mass is 16.5. The van der Waals surface area contributed by atoms with Crippen LogP contribution in [0.4, 0.5) is 0 Å². The minimum Gasteiger partial charge on any atom is -0.497 e. The standard InChI is InChI=1S/C22H21N3O/c1-15(2)16-4-6-17(7-5-16)20-14-25-21(12-24-22(25)13-23-20)18-8-10-19(26-3)11-9-18/h4-15H,1-3H3. The fourth-order valence-electron chi connectivity index (χ4n) is 3.05. The molecule has 26 heavy (non-hydrogen) atoms. The summed E-state index contributed by atoms with van der Waals surface area (Å²) in [6.45, 7) is 4.40. The molecule has 0 bridgehead atoms. The Kier molecular flexibility index (Phi) is 4.17. The first-order valence-corrected chi connectivity index (χ1v) is 8.73. The topological polar surface area (TPSA) is 39.4 Å². The SMILES string of the molecule is COc1ccc(-c2cnc3cnc(-c4ccc(C(C)C)cc4)cn23)cc1. The average molecular weight is 343 g/mol. The highest BCUT2D eigenvalue weighted by Crippen LogP contribution is 2.26. The number of imidazole rings is 1. The van der Waals surface area contributed by atoms with Crippen molar-refractivity contribution in [1.82, 2.24) is 14.4 Å². The van der Waals surface area contributed by atoms with Crippen molar-refractivity contribution >= 4 is 5.65 Å². The third kappa shape index (κ3) is 2.94. The number of aromatic nitrogens is 3. The van der Waals surface area contributed by atoms with Crippen molar-refractivity contribution in [2.24, 2.45) is 0 Å². The van der Waals surface area contributed by atoms with Crippen LogP contribution in [0.25, 0.3) is 28.2 Å². The summed E-state index contributed by atoms with van der Waals surface area (Å²) < 4.78 is 7.33. The molecule has 2 aromatic heterocycles. The van der Waals surface area contributed by atoms with E-state index in [0.717, 1.165) is 33.9 Å². The second kappa shape index (κ2) is 6.64. The van der Waals surface area contributed by atoms with Crippen molar-refractivity contribution in [2.75, 3.05) is 7.11 Å². The van der Waals surface area contributed by atoms with Crippen molar-refractivity contribution in [2.45, 2.75) is 19.8 Å². The van der Waals surface area contributed by atoms with Gasteiger partial charge in [0.15, 0.2) is 5.65 Å². The Morgan fingerprint density at radius 3 is 2.19 bits per heavy atom. The summed E-state index contributed by atoms with van der Waals surface area (Å²) in [6.07, 6.45) is 5.75. The van der Waals surface area contributed by atoms with E-state index in [0.29, 0.717) is 5.92 Å². The maximum atomic E-state index is 5.24. The monoisotopic (exact) mass is 343 g/mol. The van der Waals surface area contributed by atoms with Gasteiger partial charge >= 0.3 is 0 Å². The van der Waals surface area contributed by atoms with Crippen LogP contribution in [0.3, 0.4) is 0 Å². The lowest BCUT2D eigenvalue weighted by atomic mass is 10.0. The molecule has 4 aromatic rings. The minimum atomic E-state index is 0.523. The van der Waals surface area contributed by atoms with Crippen LogP contribution in [0.2, 0.25) is 0 Å². The first-order chi connectivity index (χ1) is 12.7. The van der Waals surface area contributed by atoms with Crippen LogP contribution < -0.4 is 4.74 Å². The molecule has 4 heteroatoms. The molecular weight excluding hydrogens is 322 g/mol. The smallest absolute Gasteiger partial charge is 0.155 e. The van der Waals surface area contributed by atoms with Crippen molar-refractivity contribution in [1.29, 1.82) is 0 Å². The molecule has 0 aliphatic heterocycles. The van der Waals surface area contributed by atoms with Crippen molar-refractivity contribution in [3.63, 3.8) is 0 Å². The Hall–Kier alpha value is -3.14. The zero-order valence-corrected chi connectivity index (χ0v) is 15.2. The predicted octanol–water partition coefficient (Wildman–Crippen LogP) is 5.20. The lowest BCUT2D eigenvalue weighted by Crippen LogP contribution is -1.94. The molecule has 0 saturated heterocycles. The number of nitrogens with zero attached hydrogens (tertiary/aromatic N) is 3. The van der Waals surface area contributed by atoms with E-state index in [9.17, 15) is 0 Å². The second-order valence-corrected chi connectivity index (χ2v) is 6.65. The van der Waals surface area contributed by atoms with Gasteiger partial charge in [-0.25, -0.2) is 4.98 Å². The van der Waals surface area contributed by atoms with Gasteiger partial charge in [0.2, 0.25) is 0 Å². The normalized spacial score (nSPS) is 11.2. The fourth-order valence-corrected chi connectivity index (χ4v) is 3.05. The molecule has 4 rings (SSSR count). The van der Waals surface area contributed by atoms with Crippen molar-refractivity contribution in [3.05, 3.63) is 72.7 Å². The molecule has 0 aliphatic carbocycles. The van der Waals surface area contributed by atoms with Gasteiger partial charge < -0.3 is 4.74 Å². The first kappa shape index (κ1) is 16.3. The van der Waals surface area contributed by atoms with Crippen molar-refractivity contribution < 1.29 is 4.74 Å². The van der Waals surface area contributed by atoms with E-state index < -0.39 is 0 Å². The molecule has 0 aliphatic rings. The van der Waals surface area contributed by atoms with Crippen LogP contribution in [0.1, 0.15) is 25.3 Å². The van der Waals surface area contributed by atoms with Gasteiger partial charge in [-0.3, -0.25) is 9.38 Å². The number of fused-ring (bicyclic) bond motifs is 1. The van der Waals surface area contributed by atoms with Gasteiger partial charge in [-0.2, -0.15) is 0 Å². The molecule has 0 unspecified atom stereocenters. The maximum absolute atomic E-state index is 5.24. The maximum Gasteiger partial charge on any atom is 0.155 e. The van der Waals surface area contributed by atoms with E-state index in [1.165, 1.54) is 5.56 Å². The number of ether oxygens (including phenoxy) is 1. The molecule has 0 N–H and O–H groups in total. The van der Waals surface area contributed by atoms with E-state index in [1.54, 1.807) is 7.11 Å². The molecule has 0 atom stereocenters. The van der Waals surface area contributed by atoms with E-state index in [2.05, 4.69) is 52.5 Å². The van der Waals surface area contributed by atoms with Gasteiger partial charge in [-0.1, -0.05) is 38.1 Å². The fraction of sp³-hybridized carbons (Fsp3) is 0.182. The lowest BCUT2D eigenvalue weighted by Gasteiger charge is -2.08. The summed E-state index contributed by atoms with van der Waals surface area (Å²) in [4.78, 5) is 9.06. The molecule has 4 nitrogen and oxygen atoms in total. The van der Waals surface area contributed by atoms with Gasteiger partial charge in [0, 0.05) is 17.3 Å². The van der Waals surface area contributed by atoms with Gasteiger partial charge in [-0.15, -0.1) is 0 Å². The zero-order valence-electron chi connectivity index (χ0n) is 15.2. The Morgan fingerprint density at radius 2 is 1.54 bits per heavy atom. The van der Waals surface area contributed by atoms with Gasteiger partial charge in [0.1, 0.15) is 5.75 Å². The summed E-state index contributed by atoms with van der Waals surface area (Å²) in [7, 11) is 1.67. The summed E-state index contributed by atoms with van der Waals surface area (Å²) >= 11 is 0. The highest BCUT2D eigenvalue weighted by molar-refractivity contribution is 5.67. The van der Waals surface area contributed by atoms with E-state index in [-0.39, 0.29) is 0 Å². The molecule has 0 radical (unpaired) electrons. The molecule has 0 fully saturated rings. The predicted molar refractivity (Wildman–Crippen MR) is 105 cm³/mol. The molecule has 0 saturated carbocycles. The number of methoxy groups -OCH3 is 1. The number of benzene rings is 2. The quantitative estimate of drug-likeness (QED) is 0.511. The molecular formula is C22H21N3O. The Bertz CT molecular complexity index is 1030. The van der Waals surface area contributed by atoms with E-state index in [1.807, 2.05) is 42.9 Å². The summed E-state index contributed by atoms with van der Waals surface area (Å²) in [5.74, 6) is 1.37. The summed E-state index contributed by atoms with van der Waals surface area (Å²) in [5, 5.41) is 0. The van der Waals surface area contributed by atoms with Crippen LogP contribution in [-0.2, 0) is 0 Å². The molecule has 0 spiro atoms. The molecule has 0 amide bonds. The Balaban J connectivity index is 1.76. The van der Waals surface area contributed by atoms with Crippen LogP contribution in [0.5, 0.6) is 5.75 Å². The zero-order chi connectivity index (χ0) is 18.1. The average Bonchev–Trinajstić information content (AvgIpc) is 3.11. The van der Waals surface area contributed by atoms with Crippen LogP contribution >= 0.6 is 0 Å². The summed E-state index contributed by atoms with van der Waals surface area (Å²) in [6, 6.07) is 16.6. The number of hydrogen-bond donors (Lipinski definition) is 0. The largest absolute Gasteiger partial charge is 0.497 e. The molecule has 2 aromatic carbocycles. The Labute approximate surface area is 153 Å². The first-order valence-electron chi connectivity index (χ1n) is 8.73. The highest BCUT2D eigenvalue weighted by Gasteiger charge is 2.09. The lowest BCUT2D eigenvalue weighted by molar-refractivity contribution is 0.415. The van der Waals surface area contributed by atoms with Crippen LogP contribution in [-0.4, -0.2) is 21.5 Å². The third-order valence-corrected chi connectivity index (χ3v) is 4.65. The minimum absolute atomic E-state index is 0.523. The van der Waals surface area contributed by atoms with E-state index in [4.69, 9.17) is 4.74 Å². The van der Waals surface area contributed by atoms with Crippen molar-refractivity contribution in [3.8, 4) is 28.3 Å². The van der Waals surface area contributed by atoms with E-state index >= 15 is 0 Å². The van der Waals surface area contributed by atoms with Gasteiger partial charge in [-0.05, 0) is 35.7 Å². The van der Waals surface area contributed by atoms with Crippen LogP contribution in [0, 0.1) is 0 Å². The van der Waals surface area contributed by atoms with Crippen LogP contribution in [0.15, 0.2) is 67.1 Å². The molecule has 130 valence electrons. The number of rotatable bonds is 4. The molecule has 2 heterocycles. The third-order valence-electron chi connectivity index (χ3n) is 4.65. The summed E-state index contributed by atoms with van der Waals surface area (Å²) in [5.41, 5.74) is 6.32. The Morgan fingerprint density at radius 1 is 0.846 bits per heavy atom. The number of hydrogen-bond acceptors (Lipinski definition) is 3.